The Kier molecular flexibility index (Phi) is 10.8. The number of hydrogen-bond acceptors (Lipinski definition) is 7. The van der Waals surface area contributed by atoms with Gasteiger partial charge in [0, 0.05) is 54.7 Å². The minimum Gasteiger partial charge on any atom is -0.508 e. The van der Waals surface area contributed by atoms with Crippen LogP contribution in [0.1, 0.15) is 22.4 Å². The number of carboxylic acid groups (broad SMARTS) is 1. The molecule has 9 N–H and O–H groups in total. The molecular weight excluding hydrogens is 614 g/mol. The zero-order valence-corrected chi connectivity index (χ0v) is 25.9. The summed E-state index contributed by atoms with van der Waals surface area (Å²) in [6.07, 6.45) is 4.95. The zero-order chi connectivity index (χ0) is 34.0. The Balaban J connectivity index is 1.36. The first-order valence-corrected chi connectivity index (χ1v) is 15.4. The van der Waals surface area contributed by atoms with Crippen LogP contribution >= 0.6 is 0 Å². The van der Waals surface area contributed by atoms with Crippen molar-refractivity contribution in [2.75, 3.05) is 0 Å². The first kappa shape index (κ1) is 33.4. The normalized spacial score (nSPS) is 13.6. The highest BCUT2D eigenvalue weighted by molar-refractivity contribution is 5.94. The number of benzene rings is 3. The highest BCUT2D eigenvalue weighted by Crippen LogP contribution is 2.19. The molecule has 0 aliphatic carbocycles. The van der Waals surface area contributed by atoms with E-state index in [2.05, 4.69) is 30.9 Å². The number of H-pyrrole nitrogens is 2. The number of carboxylic acids is 1. The summed E-state index contributed by atoms with van der Waals surface area (Å²) < 4.78 is 0. The van der Waals surface area contributed by atoms with Crippen LogP contribution < -0.4 is 21.7 Å². The SMILES string of the molecule is NC(Cc1cnc[nH]1)C(=O)NC(Cc1ccc(O)cc1)C(=O)NC(Cc1ccccc1)C(=O)NC(Cc1c[nH]c2ccccc12)C(=O)O. The summed E-state index contributed by atoms with van der Waals surface area (Å²) in [5.74, 6) is -3.18. The standard InChI is InChI=1S/C35H37N7O6/c36-27(17-24-19-37-20-39-24)32(44)40-29(15-22-10-12-25(43)13-11-22)33(45)41-30(14-21-6-2-1-3-7-21)34(46)42-31(35(47)48)16-23-18-38-28-9-5-4-8-26(23)28/h1-13,18-20,27,29-31,38,43H,14-17,36H2,(H,37,39)(H,40,44)(H,41,45)(H,42,46)(H,47,48). The lowest BCUT2D eigenvalue weighted by atomic mass is 10.0. The maximum atomic E-state index is 13.9. The average Bonchev–Trinajstić information content (AvgIpc) is 3.75. The number of nitrogens with zero attached hydrogens (tertiary/aromatic N) is 1. The summed E-state index contributed by atoms with van der Waals surface area (Å²) in [6, 6.07) is 17.9. The van der Waals surface area contributed by atoms with E-state index in [0.29, 0.717) is 16.8 Å². The van der Waals surface area contributed by atoms with Crippen LogP contribution in [0.2, 0.25) is 0 Å². The van der Waals surface area contributed by atoms with Gasteiger partial charge in [0.25, 0.3) is 0 Å². The van der Waals surface area contributed by atoms with Gasteiger partial charge in [-0.25, -0.2) is 9.78 Å². The highest BCUT2D eigenvalue weighted by atomic mass is 16.4. The molecule has 0 bridgehead atoms. The highest BCUT2D eigenvalue weighted by Gasteiger charge is 2.31. The van der Waals surface area contributed by atoms with E-state index in [0.717, 1.165) is 16.5 Å². The first-order valence-electron chi connectivity index (χ1n) is 15.4. The van der Waals surface area contributed by atoms with Crippen LogP contribution in [0.15, 0.2) is 97.6 Å². The number of aromatic amines is 2. The number of aliphatic carboxylic acids is 1. The van der Waals surface area contributed by atoms with Gasteiger partial charge in [-0.3, -0.25) is 14.4 Å². The third-order valence-electron chi connectivity index (χ3n) is 7.97. The second-order valence-corrected chi connectivity index (χ2v) is 11.5. The molecular formula is C35H37N7O6. The Bertz CT molecular complexity index is 1840. The number of para-hydroxylation sites is 1. The van der Waals surface area contributed by atoms with Crippen molar-refractivity contribution in [3.05, 3.63) is 120 Å². The molecule has 5 aromatic rings. The Labute approximate surface area is 276 Å². The van der Waals surface area contributed by atoms with Crippen molar-refractivity contribution in [2.45, 2.75) is 49.9 Å². The van der Waals surface area contributed by atoms with Gasteiger partial charge in [0.2, 0.25) is 17.7 Å². The van der Waals surface area contributed by atoms with Gasteiger partial charge in [0.1, 0.15) is 23.9 Å². The number of nitrogens with two attached hydrogens (primary N) is 1. The fourth-order valence-electron chi connectivity index (χ4n) is 5.41. The van der Waals surface area contributed by atoms with Crippen LogP contribution in [0.3, 0.4) is 0 Å². The molecule has 5 rings (SSSR count). The average molecular weight is 652 g/mol. The summed E-state index contributed by atoms with van der Waals surface area (Å²) in [4.78, 5) is 63.1. The minimum atomic E-state index is -1.29. The molecule has 2 aromatic heterocycles. The van der Waals surface area contributed by atoms with Gasteiger partial charge in [-0.05, 0) is 34.9 Å². The number of aromatic nitrogens is 3. The summed E-state index contributed by atoms with van der Waals surface area (Å²) >= 11 is 0. The van der Waals surface area contributed by atoms with Gasteiger partial charge in [0.05, 0.1) is 12.4 Å². The summed E-state index contributed by atoms with van der Waals surface area (Å²) in [5.41, 5.74) is 9.69. The van der Waals surface area contributed by atoms with Crippen molar-refractivity contribution >= 4 is 34.6 Å². The minimum absolute atomic E-state index is 0.00481. The summed E-state index contributed by atoms with van der Waals surface area (Å²) in [6.45, 7) is 0. The van der Waals surface area contributed by atoms with Gasteiger partial charge in [0.15, 0.2) is 0 Å². The molecule has 3 aromatic carbocycles. The number of carbonyl (C=O) groups is 4. The molecule has 13 nitrogen and oxygen atoms in total. The van der Waals surface area contributed by atoms with E-state index in [1.165, 1.54) is 18.5 Å². The Morgan fingerprint density at radius 3 is 1.96 bits per heavy atom. The maximum Gasteiger partial charge on any atom is 0.326 e. The van der Waals surface area contributed by atoms with Crippen molar-refractivity contribution in [1.82, 2.24) is 30.9 Å². The fraction of sp³-hybridized carbons (Fsp3) is 0.229. The molecule has 248 valence electrons. The monoisotopic (exact) mass is 651 g/mol. The Hall–Kier alpha value is -5.95. The molecule has 0 aliphatic rings. The van der Waals surface area contributed by atoms with Gasteiger partial charge in [-0.15, -0.1) is 0 Å². The lowest BCUT2D eigenvalue weighted by molar-refractivity contribution is -0.142. The van der Waals surface area contributed by atoms with Crippen LogP contribution in [0, 0.1) is 0 Å². The van der Waals surface area contributed by atoms with Crippen molar-refractivity contribution in [3.8, 4) is 5.75 Å². The molecule has 3 amide bonds. The molecule has 4 unspecified atom stereocenters. The van der Waals surface area contributed by atoms with Gasteiger partial charge in [-0.1, -0.05) is 60.7 Å². The molecule has 0 saturated heterocycles. The van der Waals surface area contributed by atoms with Crippen LogP contribution in [0.25, 0.3) is 10.9 Å². The molecule has 48 heavy (non-hydrogen) atoms. The van der Waals surface area contributed by atoms with E-state index in [1.54, 1.807) is 48.8 Å². The lowest BCUT2D eigenvalue weighted by Gasteiger charge is -2.25. The number of imidazole rings is 1. The van der Waals surface area contributed by atoms with Gasteiger partial charge in [-0.2, -0.15) is 0 Å². The van der Waals surface area contributed by atoms with E-state index < -0.39 is 47.9 Å². The second-order valence-electron chi connectivity index (χ2n) is 11.5. The van der Waals surface area contributed by atoms with Crippen molar-refractivity contribution in [3.63, 3.8) is 0 Å². The van der Waals surface area contributed by atoms with Crippen LogP contribution in [0.4, 0.5) is 0 Å². The topological polar surface area (TPSA) is 215 Å². The van der Waals surface area contributed by atoms with E-state index >= 15 is 0 Å². The third-order valence-corrected chi connectivity index (χ3v) is 7.97. The van der Waals surface area contributed by atoms with Gasteiger partial charge < -0.3 is 41.9 Å². The molecule has 0 aliphatic heterocycles. The number of nitrogens with one attached hydrogen (secondary N) is 5. The van der Waals surface area contributed by atoms with E-state index in [4.69, 9.17) is 5.73 Å². The second kappa shape index (κ2) is 15.6. The number of carbonyl (C=O) groups excluding carboxylic acids is 3. The van der Waals surface area contributed by atoms with Crippen LogP contribution in [-0.4, -0.2) is 73.0 Å². The molecule has 0 spiro atoms. The first-order chi connectivity index (χ1) is 23.2. The van der Waals surface area contributed by atoms with Crippen LogP contribution in [0.5, 0.6) is 5.75 Å². The van der Waals surface area contributed by atoms with E-state index in [9.17, 15) is 29.4 Å². The predicted octanol–water partition coefficient (Wildman–Crippen LogP) is 1.73. The van der Waals surface area contributed by atoms with Crippen molar-refractivity contribution in [2.24, 2.45) is 5.73 Å². The van der Waals surface area contributed by atoms with Crippen molar-refractivity contribution < 1.29 is 29.4 Å². The Morgan fingerprint density at radius 1 is 0.708 bits per heavy atom. The molecule has 4 atom stereocenters. The zero-order valence-electron chi connectivity index (χ0n) is 25.9. The number of rotatable bonds is 15. The fourth-order valence-corrected chi connectivity index (χ4v) is 5.41. The molecule has 0 fully saturated rings. The number of phenolic OH excluding ortho intramolecular Hbond substituents is 1. The number of fused-ring (bicyclic) bond motifs is 1. The maximum absolute atomic E-state index is 13.9. The largest absolute Gasteiger partial charge is 0.508 e. The van der Waals surface area contributed by atoms with E-state index in [-0.39, 0.29) is 31.4 Å². The summed E-state index contributed by atoms with van der Waals surface area (Å²) in [7, 11) is 0. The Morgan fingerprint density at radius 2 is 1.31 bits per heavy atom. The quantitative estimate of drug-likeness (QED) is 0.0832. The number of amides is 3. The summed E-state index contributed by atoms with van der Waals surface area (Å²) in [5, 5.41) is 28.7. The smallest absolute Gasteiger partial charge is 0.326 e. The predicted molar refractivity (Wildman–Crippen MR) is 178 cm³/mol. The van der Waals surface area contributed by atoms with Crippen LogP contribution in [-0.2, 0) is 44.9 Å². The molecule has 13 heteroatoms. The van der Waals surface area contributed by atoms with Crippen molar-refractivity contribution in [1.29, 1.82) is 0 Å². The number of phenols is 1. The molecule has 0 radical (unpaired) electrons. The molecule has 0 saturated carbocycles. The number of aromatic hydroxyl groups is 1. The lowest BCUT2D eigenvalue weighted by Crippen LogP contribution is -2.58. The third kappa shape index (κ3) is 8.85. The van der Waals surface area contributed by atoms with E-state index in [1.807, 2.05) is 30.3 Å². The van der Waals surface area contributed by atoms with Gasteiger partial charge >= 0.3 is 5.97 Å². The number of hydrogen-bond donors (Lipinski definition) is 8. The molecule has 2 heterocycles.